The first-order chi connectivity index (χ1) is 20.4. The average molecular weight is 604 g/mol. The zero-order valence-electron chi connectivity index (χ0n) is 22.8. The van der Waals surface area contributed by atoms with Crippen LogP contribution >= 0.6 is 23.2 Å². The van der Waals surface area contributed by atoms with Gasteiger partial charge < -0.3 is 14.7 Å². The number of carbonyl (C=O) groups is 1. The maximum Gasteiger partial charge on any atom is 0.268 e. The van der Waals surface area contributed by atoms with Gasteiger partial charge in [-0.3, -0.25) is 14.0 Å². The Balaban J connectivity index is 1.31. The minimum Gasteiger partial charge on any atom is -0.484 e. The lowest BCUT2D eigenvalue weighted by atomic mass is 9.93. The average Bonchev–Trinajstić information content (AvgIpc) is 2.99. The van der Waals surface area contributed by atoms with Gasteiger partial charge in [0.1, 0.15) is 5.65 Å². The van der Waals surface area contributed by atoms with E-state index in [1.54, 1.807) is 25.4 Å². The molecule has 1 unspecified atom stereocenters. The molecule has 4 heterocycles. The number of hydrogen-bond donors (Lipinski definition) is 1. The Labute approximate surface area is 252 Å². The normalized spacial score (nSPS) is 17.5. The summed E-state index contributed by atoms with van der Waals surface area (Å²) in [6.45, 7) is 2.84. The van der Waals surface area contributed by atoms with Crippen LogP contribution in [0.2, 0.25) is 10.0 Å². The highest BCUT2D eigenvalue weighted by Gasteiger charge is 2.31. The Kier molecular flexibility index (Phi) is 7.96. The summed E-state index contributed by atoms with van der Waals surface area (Å²) in [6.07, 6.45) is 6.23. The Morgan fingerprint density at radius 3 is 2.43 bits per heavy atom. The molecule has 6 rings (SSSR count). The molecule has 1 saturated heterocycles. The van der Waals surface area contributed by atoms with Crippen LogP contribution in [0.15, 0.2) is 76.8 Å². The number of fused-ring (bicyclic) bond motifs is 1. The first-order valence-electron chi connectivity index (χ1n) is 13.6. The summed E-state index contributed by atoms with van der Waals surface area (Å²) in [4.78, 5) is 35.0. The zero-order valence-corrected chi connectivity index (χ0v) is 24.3. The molecule has 8 nitrogen and oxygen atoms in total. The molecule has 4 aromatic rings. The van der Waals surface area contributed by atoms with E-state index in [1.165, 1.54) is 10.6 Å². The first-order valence-corrected chi connectivity index (χ1v) is 14.4. The van der Waals surface area contributed by atoms with Crippen LogP contribution in [-0.4, -0.2) is 64.9 Å². The van der Waals surface area contributed by atoms with E-state index < -0.39 is 5.56 Å². The van der Waals surface area contributed by atoms with Crippen molar-refractivity contribution in [1.29, 1.82) is 0 Å². The topological polar surface area (TPSA) is 96.5 Å². The predicted octanol–water partition coefficient (Wildman–Crippen LogP) is 5.48. The Bertz CT molecular complexity index is 1810. The molecule has 214 valence electrons. The third kappa shape index (κ3) is 5.16. The Morgan fingerprint density at radius 2 is 1.74 bits per heavy atom. The molecule has 2 aromatic carbocycles. The summed E-state index contributed by atoms with van der Waals surface area (Å²) in [7, 11) is 1.64. The molecule has 1 atom stereocenters. The fourth-order valence-electron chi connectivity index (χ4n) is 5.64. The second-order valence-corrected chi connectivity index (χ2v) is 11.3. The molecular weight excluding hydrogens is 575 g/mol. The number of aliphatic imine (C=N–C) groups is 1. The predicted molar refractivity (Wildman–Crippen MR) is 165 cm³/mol. The summed E-state index contributed by atoms with van der Waals surface area (Å²) in [5, 5.41) is 10.4. The molecular formula is C32H28Cl2N4O4. The third-order valence-corrected chi connectivity index (χ3v) is 8.71. The number of aliphatic hydroxyl groups is 1. The molecule has 0 aliphatic carbocycles. The first kappa shape index (κ1) is 28.3. The van der Waals surface area contributed by atoms with Crippen molar-refractivity contribution in [3.8, 4) is 22.3 Å². The summed E-state index contributed by atoms with van der Waals surface area (Å²) in [5.74, 6) is 1.17. The van der Waals surface area contributed by atoms with Gasteiger partial charge in [-0.1, -0.05) is 65.7 Å². The molecule has 42 heavy (non-hydrogen) atoms. The van der Waals surface area contributed by atoms with Crippen molar-refractivity contribution in [2.75, 3.05) is 33.4 Å². The maximum absolute atomic E-state index is 12.5. The number of carbonyl (C=O) groups excluding carboxylic acids is 1. The Hall–Kier alpha value is -3.82. The number of aldehydes is 1. The number of likely N-dealkylation sites (tertiary alicyclic amines) is 1. The van der Waals surface area contributed by atoms with Crippen molar-refractivity contribution >= 4 is 46.7 Å². The highest BCUT2D eigenvalue weighted by Crippen LogP contribution is 2.42. The van der Waals surface area contributed by atoms with Gasteiger partial charge in [0, 0.05) is 66.8 Å². The van der Waals surface area contributed by atoms with Crippen molar-refractivity contribution in [2.24, 2.45) is 16.8 Å². The van der Waals surface area contributed by atoms with Crippen LogP contribution in [-0.2, 0) is 4.74 Å². The standard InChI is InChI=1S/C32H28Cl2N4O4/c1-42-31-21(16-37-14-19(15-37)17-39)8-9-27(36-31)26-7-3-6-25(30(26)34)24-5-2-4-23(29(24)33)20-10-11-38-28(12-20)35-13-22(18-40)32(38)41/h2-7,9-13,18-19,21,39H,8,14-17H2,1H3. The molecule has 1 fully saturated rings. The van der Waals surface area contributed by atoms with Gasteiger partial charge in [-0.25, -0.2) is 9.98 Å². The van der Waals surface area contributed by atoms with E-state index in [0.717, 1.165) is 59.6 Å². The molecule has 2 aliphatic rings. The zero-order chi connectivity index (χ0) is 29.4. The lowest BCUT2D eigenvalue weighted by Gasteiger charge is -2.40. The number of benzene rings is 2. The number of hydrogen-bond acceptors (Lipinski definition) is 7. The lowest BCUT2D eigenvalue weighted by molar-refractivity contribution is 0.0463. The number of pyridine rings is 1. The number of aliphatic hydroxyl groups excluding tert-OH is 1. The monoisotopic (exact) mass is 602 g/mol. The van der Waals surface area contributed by atoms with E-state index in [1.807, 2.05) is 36.4 Å². The minimum absolute atomic E-state index is 0.00677. The largest absolute Gasteiger partial charge is 0.484 e. The number of ether oxygens (including phenoxy) is 1. The number of halogens is 2. The van der Waals surface area contributed by atoms with Crippen LogP contribution in [0.3, 0.4) is 0 Å². The van der Waals surface area contributed by atoms with Crippen molar-refractivity contribution in [1.82, 2.24) is 14.3 Å². The lowest BCUT2D eigenvalue weighted by Crippen LogP contribution is -2.51. The quantitative estimate of drug-likeness (QED) is 0.281. The molecule has 10 heteroatoms. The van der Waals surface area contributed by atoms with Crippen LogP contribution in [0.1, 0.15) is 22.3 Å². The number of allylic oxidation sites excluding steroid dienone is 1. The second-order valence-electron chi connectivity index (χ2n) is 10.6. The van der Waals surface area contributed by atoms with Crippen molar-refractivity contribution < 1.29 is 14.6 Å². The van der Waals surface area contributed by atoms with E-state index in [-0.39, 0.29) is 18.1 Å². The summed E-state index contributed by atoms with van der Waals surface area (Å²) < 4.78 is 7.02. The molecule has 0 amide bonds. The Morgan fingerprint density at radius 1 is 1.05 bits per heavy atom. The molecule has 0 saturated carbocycles. The van der Waals surface area contributed by atoms with Gasteiger partial charge in [0.2, 0.25) is 0 Å². The molecule has 0 radical (unpaired) electrons. The van der Waals surface area contributed by atoms with E-state index in [2.05, 4.69) is 16.0 Å². The van der Waals surface area contributed by atoms with Gasteiger partial charge in [0.25, 0.3) is 5.56 Å². The molecule has 1 N–H and O–H groups in total. The summed E-state index contributed by atoms with van der Waals surface area (Å²) in [5.41, 5.74) is 4.54. The number of methoxy groups -OCH3 is 1. The minimum atomic E-state index is -0.427. The molecule has 0 bridgehead atoms. The van der Waals surface area contributed by atoms with Crippen LogP contribution in [0.5, 0.6) is 0 Å². The van der Waals surface area contributed by atoms with E-state index in [4.69, 9.17) is 32.9 Å². The van der Waals surface area contributed by atoms with E-state index in [9.17, 15) is 14.7 Å². The highest BCUT2D eigenvalue weighted by atomic mass is 35.5. The van der Waals surface area contributed by atoms with Gasteiger partial charge in [0.05, 0.1) is 34.3 Å². The molecule has 0 spiro atoms. The number of nitrogens with zero attached hydrogens (tertiary/aromatic N) is 4. The van der Waals surface area contributed by atoms with Crippen molar-refractivity contribution in [3.63, 3.8) is 0 Å². The van der Waals surface area contributed by atoms with E-state index >= 15 is 0 Å². The van der Waals surface area contributed by atoms with Gasteiger partial charge in [-0.2, -0.15) is 0 Å². The van der Waals surface area contributed by atoms with Gasteiger partial charge in [-0.05, 0) is 24.1 Å². The van der Waals surface area contributed by atoms with Crippen LogP contribution in [0, 0.1) is 11.8 Å². The highest BCUT2D eigenvalue weighted by molar-refractivity contribution is 6.39. The fourth-order valence-corrected chi connectivity index (χ4v) is 6.30. The fraction of sp³-hybridized carbons (Fsp3) is 0.250. The summed E-state index contributed by atoms with van der Waals surface area (Å²) in [6, 6.07) is 15.0. The molecule has 2 aromatic heterocycles. The van der Waals surface area contributed by atoms with Crippen LogP contribution in [0.4, 0.5) is 0 Å². The maximum atomic E-state index is 12.5. The molecule has 2 aliphatic heterocycles. The van der Waals surface area contributed by atoms with E-state index in [0.29, 0.717) is 33.8 Å². The van der Waals surface area contributed by atoms with Crippen molar-refractivity contribution in [3.05, 3.63) is 98.5 Å². The summed E-state index contributed by atoms with van der Waals surface area (Å²) >= 11 is 14.0. The van der Waals surface area contributed by atoms with Gasteiger partial charge in [-0.15, -0.1) is 0 Å². The van der Waals surface area contributed by atoms with Crippen LogP contribution < -0.4 is 5.56 Å². The SMILES string of the molecule is COC1=NC(c2cccc(-c3cccc(-c4ccn5c(=O)c(C=O)cnc5c4)c3Cl)c2Cl)=CCC1CN1CC(CO)C1. The smallest absolute Gasteiger partial charge is 0.268 e. The van der Waals surface area contributed by atoms with Gasteiger partial charge in [0.15, 0.2) is 12.2 Å². The second kappa shape index (κ2) is 11.8. The van der Waals surface area contributed by atoms with Crippen molar-refractivity contribution in [2.45, 2.75) is 6.42 Å². The number of aromatic nitrogens is 2. The third-order valence-electron chi connectivity index (χ3n) is 7.89. The number of rotatable bonds is 7. The van der Waals surface area contributed by atoms with Gasteiger partial charge >= 0.3 is 0 Å². The van der Waals surface area contributed by atoms with Crippen LogP contribution in [0.25, 0.3) is 33.6 Å².